The summed E-state index contributed by atoms with van der Waals surface area (Å²) >= 11 is 0. The molecule has 0 spiro atoms. The first-order valence-electron chi connectivity index (χ1n) is 11.1. The van der Waals surface area contributed by atoms with Crippen molar-refractivity contribution in [1.29, 1.82) is 0 Å². The maximum atomic E-state index is 12.9. The molecule has 1 aromatic rings. The Labute approximate surface area is 193 Å². The number of carbonyl (C=O) groups is 3. The molecule has 3 rings (SSSR count). The van der Waals surface area contributed by atoms with Crippen LogP contribution in [0, 0.1) is 5.92 Å². The van der Waals surface area contributed by atoms with Gasteiger partial charge in [0.2, 0.25) is 10.0 Å². The Balaban J connectivity index is 1.44. The summed E-state index contributed by atoms with van der Waals surface area (Å²) in [5, 5.41) is 2.69. The van der Waals surface area contributed by atoms with E-state index in [4.69, 9.17) is 14.2 Å². The molecule has 0 aromatic heterocycles. The van der Waals surface area contributed by atoms with Crippen molar-refractivity contribution >= 4 is 27.9 Å². The molecule has 1 amide bonds. The van der Waals surface area contributed by atoms with E-state index in [0.717, 1.165) is 12.8 Å². The highest BCUT2D eigenvalue weighted by Crippen LogP contribution is 2.25. The van der Waals surface area contributed by atoms with Gasteiger partial charge in [-0.3, -0.25) is 9.59 Å². The first-order chi connectivity index (χ1) is 15.8. The van der Waals surface area contributed by atoms with Crippen molar-refractivity contribution in [3.05, 3.63) is 29.8 Å². The molecule has 0 unspecified atom stereocenters. The fraction of sp³-hybridized carbons (Fsp3) is 0.591. The molecule has 11 heteroatoms. The van der Waals surface area contributed by atoms with Crippen LogP contribution in [0.3, 0.4) is 0 Å². The topological polar surface area (TPSA) is 128 Å². The van der Waals surface area contributed by atoms with Crippen LogP contribution in [0.5, 0.6) is 0 Å². The lowest BCUT2D eigenvalue weighted by Gasteiger charge is -2.30. The van der Waals surface area contributed by atoms with E-state index in [2.05, 4.69) is 5.32 Å². The van der Waals surface area contributed by atoms with Gasteiger partial charge in [0.25, 0.3) is 5.91 Å². The second-order valence-electron chi connectivity index (χ2n) is 7.97. The lowest BCUT2D eigenvalue weighted by atomic mass is 9.98. The molecule has 2 heterocycles. The van der Waals surface area contributed by atoms with Crippen LogP contribution < -0.4 is 5.32 Å². The van der Waals surface area contributed by atoms with E-state index in [1.54, 1.807) is 6.92 Å². The molecule has 2 fully saturated rings. The highest BCUT2D eigenvalue weighted by atomic mass is 32.2. The fourth-order valence-corrected chi connectivity index (χ4v) is 5.27. The van der Waals surface area contributed by atoms with Crippen LogP contribution >= 0.6 is 0 Å². The average molecular weight is 483 g/mol. The molecule has 0 radical (unpaired) electrons. The van der Waals surface area contributed by atoms with Crippen molar-refractivity contribution in [2.24, 2.45) is 5.92 Å². The highest BCUT2D eigenvalue weighted by molar-refractivity contribution is 7.89. The van der Waals surface area contributed by atoms with Gasteiger partial charge in [-0.15, -0.1) is 0 Å². The standard InChI is InChI=1S/C22H30N2O8S/c1-2-30-21(26)16-5-7-19(8-6-16)33(28,29)24-11-9-17(10-12-24)22(27)32-15-20(25)23-14-18-4-3-13-31-18/h5-8,17-18H,2-4,9-15H2,1H3,(H,23,25)/t18-/m1/s1. The maximum Gasteiger partial charge on any atom is 0.338 e. The van der Waals surface area contributed by atoms with Crippen LogP contribution in [0.1, 0.15) is 43.0 Å². The van der Waals surface area contributed by atoms with Crippen molar-refractivity contribution < 1.29 is 37.0 Å². The van der Waals surface area contributed by atoms with E-state index < -0.39 is 27.9 Å². The second kappa shape index (κ2) is 11.6. The summed E-state index contributed by atoms with van der Waals surface area (Å²) in [6, 6.07) is 5.58. The van der Waals surface area contributed by atoms with E-state index >= 15 is 0 Å². The SMILES string of the molecule is CCOC(=O)c1ccc(S(=O)(=O)N2CCC(C(=O)OCC(=O)NC[C@H]3CCCO3)CC2)cc1. The molecule has 182 valence electrons. The average Bonchev–Trinajstić information content (AvgIpc) is 3.35. The smallest absolute Gasteiger partial charge is 0.338 e. The fourth-order valence-electron chi connectivity index (χ4n) is 3.80. The van der Waals surface area contributed by atoms with E-state index in [0.29, 0.717) is 26.0 Å². The number of esters is 2. The van der Waals surface area contributed by atoms with Gasteiger partial charge in [-0.2, -0.15) is 4.31 Å². The summed E-state index contributed by atoms with van der Waals surface area (Å²) in [5.74, 6) is -1.86. The Bertz CT molecular complexity index is 934. The van der Waals surface area contributed by atoms with Gasteiger partial charge in [0.05, 0.1) is 29.1 Å². The normalized spacial score (nSPS) is 19.7. The number of carbonyl (C=O) groups excluding carboxylic acids is 3. The molecule has 1 atom stereocenters. The number of hydrogen-bond donors (Lipinski definition) is 1. The summed E-state index contributed by atoms with van der Waals surface area (Å²) in [4.78, 5) is 36.0. The molecule has 10 nitrogen and oxygen atoms in total. The second-order valence-corrected chi connectivity index (χ2v) is 9.91. The van der Waals surface area contributed by atoms with Crippen LogP contribution in [0.4, 0.5) is 0 Å². The zero-order valence-corrected chi connectivity index (χ0v) is 19.5. The number of nitrogens with zero attached hydrogens (tertiary/aromatic N) is 1. The van der Waals surface area contributed by atoms with Crippen LogP contribution in [0.2, 0.25) is 0 Å². The summed E-state index contributed by atoms with van der Waals surface area (Å²) in [5.41, 5.74) is 0.275. The van der Waals surface area contributed by atoms with E-state index in [9.17, 15) is 22.8 Å². The number of rotatable bonds is 9. The number of sulfonamides is 1. The van der Waals surface area contributed by atoms with Gasteiger partial charge in [-0.05, 0) is 56.9 Å². The van der Waals surface area contributed by atoms with Crippen LogP contribution in [0.25, 0.3) is 0 Å². The number of ether oxygens (including phenoxy) is 3. The lowest BCUT2D eigenvalue weighted by molar-refractivity contribution is -0.153. The van der Waals surface area contributed by atoms with Gasteiger partial charge in [-0.25, -0.2) is 13.2 Å². The number of benzene rings is 1. The molecule has 0 saturated carbocycles. The lowest BCUT2D eigenvalue weighted by Crippen LogP contribution is -2.41. The van der Waals surface area contributed by atoms with Gasteiger partial charge in [0, 0.05) is 26.2 Å². The molecule has 0 bridgehead atoms. The molecule has 0 aliphatic carbocycles. The van der Waals surface area contributed by atoms with Gasteiger partial charge in [0.15, 0.2) is 6.61 Å². The van der Waals surface area contributed by atoms with Crippen molar-refractivity contribution in [3.8, 4) is 0 Å². The molecule has 1 aromatic carbocycles. The van der Waals surface area contributed by atoms with E-state index in [1.165, 1.54) is 28.6 Å². The Kier molecular flexibility index (Phi) is 8.81. The van der Waals surface area contributed by atoms with Crippen LogP contribution in [-0.4, -0.2) is 76.1 Å². The van der Waals surface area contributed by atoms with E-state index in [-0.39, 0.29) is 48.8 Å². The first-order valence-corrected chi connectivity index (χ1v) is 12.6. The molecule has 1 N–H and O–H groups in total. The van der Waals surface area contributed by atoms with E-state index in [1.807, 2.05) is 0 Å². The molecule has 33 heavy (non-hydrogen) atoms. The predicted octanol–water partition coefficient (Wildman–Crippen LogP) is 1.10. The summed E-state index contributed by atoms with van der Waals surface area (Å²) in [7, 11) is -3.75. The molecule has 2 saturated heterocycles. The first kappa shape index (κ1) is 25.1. The van der Waals surface area contributed by atoms with Crippen molar-refractivity contribution in [2.75, 3.05) is 39.5 Å². The maximum absolute atomic E-state index is 12.9. The predicted molar refractivity (Wildman–Crippen MR) is 117 cm³/mol. The third-order valence-electron chi connectivity index (χ3n) is 5.69. The number of hydrogen-bond acceptors (Lipinski definition) is 8. The van der Waals surface area contributed by atoms with Crippen LogP contribution in [-0.2, 0) is 33.8 Å². The van der Waals surface area contributed by atoms with Gasteiger partial charge < -0.3 is 19.5 Å². The number of amides is 1. The van der Waals surface area contributed by atoms with Gasteiger partial charge in [0.1, 0.15) is 0 Å². The highest BCUT2D eigenvalue weighted by Gasteiger charge is 2.33. The molecule has 2 aliphatic heterocycles. The molecular formula is C22H30N2O8S. The van der Waals surface area contributed by atoms with Gasteiger partial charge >= 0.3 is 11.9 Å². The van der Waals surface area contributed by atoms with Crippen molar-refractivity contribution in [1.82, 2.24) is 9.62 Å². The Morgan fingerprint density at radius 1 is 1.09 bits per heavy atom. The zero-order chi connectivity index (χ0) is 23.8. The number of nitrogens with one attached hydrogen (secondary N) is 1. The minimum absolute atomic E-state index is 0.0114. The summed E-state index contributed by atoms with van der Waals surface area (Å²) in [6.45, 7) is 2.97. The molecule has 2 aliphatic rings. The van der Waals surface area contributed by atoms with Crippen molar-refractivity contribution in [3.63, 3.8) is 0 Å². The van der Waals surface area contributed by atoms with Crippen LogP contribution in [0.15, 0.2) is 29.2 Å². The largest absolute Gasteiger partial charge is 0.462 e. The third kappa shape index (κ3) is 6.75. The Hall–Kier alpha value is -2.50. The Morgan fingerprint density at radius 3 is 2.39 bits per heavy atom. The quantitative estimate of drug-likeness (QED) is 0.518. The van der Waals surface area contributed by atoms with Gasteiger partial charge in [-0.1, -0.05) is 0 Å². The minimum atomic E-state index is -3.75. The zero-order valence-electron chi connectivity index (χ0n) is 18.7. The summed E-state index contributed by atoms with van der Waals surface area (Å²) in [6.07, 6.45) is 2.49. The number of piperidine rings is 1. The summed E-state index contributed by atoms with van der Waals surface area (Å²) < 4.78 is 42.5. The third-order valence-corrected chi connectivity index (χ3v) is 7.60. The Morgan fingerprint density at radius 2 is 1.79 bits per heavy atom. The minimum Gasteiger partial charge on any atom is -0.462 e. The molecular weight excluding hydrogens is 452 g/mol. The van der Waals surface area contributed by atoms with Crippen molar-refractivity contribution in [2.45, 2.75) is 43.6 Å². The monoisotopic (exact) mass is 482 g/mol.